The van der Waals surface area contributed by atoms with Crippen LogP contribution in [0, 0.1) is 5.92 Å². The van der Waals surface area contributed by atoms with Crippen LogP contribution in [0.4, 0.5) is 11.5 Å². The van der Waals surface area contributed by atoms with Gasteiger partial charge in [0, 0.05) is 23.5 Å². The SMILES string of the molecule is CC1=CC(Cl)(c2ccccc2Nc2ccn(-c3ccccc3)n2)C=C(C)C1C(=O)O. The number of carbonyl (C=O) groups is 1. The minimum Gasteiger partial charge on any atom is -0.481 e. The van der Waals surface area contributed by atoms with Gasteiger partial charge in [-0.25, -0.2) is 4.68 Å². The molecule has 152 valence electrons. The third kappa shape index (κ3) is 3.76. The number of benzene rings is 2. The van der Waals surface area contributed by atoms with E-state index in [1.54, 1.807) is 4.68 Å². The van der Waals surface area contributed by atoms with Crippen LogP contribution in [0.25, 0.3) is 5.69 Å². The molecule has 4 rings (SSSR count). The number of aromatic nitrogens is 2. The fraction of sp³-hybridized carbons (Fsp3) is 0.167. The fourth-order valence-electron chi connectivity index (χ4n) is 3.95. The Morgan fingerprint density at radius 2 is 1.67 bits per heavy atom. The van der Waals surface area contributed by atoms with Gasteiger partial charge < -0.3 is 10.4 Å². The first-order chi connectivity index (χ1) is 14.4. The van der Waals surface area contributed by atoms with Crippen molar-refractivity contribution in [3.63, 3.8) is 0 Å². The maximum absolute atomic E-state index is 11.6. The number of nitrogens with zero attached hydrogens (tertiary/aromatic N) is 2. The zero-order valence-corrected chi connectivity index (χ0v) is 17.5. The highest BCUT2D eigenvalue weighted by atomic mass is 35.5. The summed E-state index contributed by atoms with van der Waals surface area (Å²) in [5.74, 6) is -0.820. The summed E-state index contributed by atoms with van der Waals surface area (Å²) in [6, 6.07) is 19.5. The van der Waals surface area contributed by atoms with E-state index in [1.165, 1.54) is 0 Å². The van der Waals surface area contributed by atoms with Crippen LogP contribution in [0.5, 0.6) is 0 Å². The second-order valence-corrected chi connectivity index (χ2v) is 8.09. The first kappa shape index (κ1) is 20.0. The number of rotatable bonds is 5. The van der Waals surface area contributed by atoms with E-state index in [9.17, 15) is 9.90 Å². The number of hydrogen-bond donors (Lipinski definition) is 2. The number of allylic oxidation sites excluding steroid dienone is 2. The predicted octanol–water partition coefficient (Wildman–Crippen LogP) is 5.66. The molecule has 30 heavy (non-hydrogen) atoms. The lowest BCUT2D eigenvalue weighted by Gasteiger charge is -2.31. The summed E-state index contributed by atoms with van der Waals surface area (Å²) in [5, 5.41) is 17.5. The van der Waals surface area contributed by atoms with Crippen molar-refractivity contribution in [2.24, 2.45) is 5.92 Å². The normalized spacial score (nSPS) is 21.0. The van der Waals surface area contributed by atoms with Crippen molar-refractivity contribution < 1.29 is 9.90 Å². The van der Waals surface area contributed by atoms with Crippen molar-refractivity contribution in [2.45, 2.75) is 18.7 Å². The second-order valence-electron chi connectivity index (χ2n) is 7.47. The van der Waals surface area contributed by atoms with Crippen LogP contribution in [0.2, 0.25) is 0 Å². The Bertz CT molecular complexity index is 1130. The fourth-order valence-corrected chi connectivity index (χ4v) is 4.46. The van der Waals surface area contributed by atoms with Crippen molar-refractivity contribution in [3.05, 3.63) is 95.7 Å². The topological polar surface area (TPSA) is 67.2 Å². The summed E-state index contributed by atoms with van der Waals surface area (Å²) in [6.45, 7) is 3.62. The Labute approximate surface area is 180 Å². The Kier molecular flexibility index (Phi) is 5.22. The second kappa shape index (κ2) is 7.84. The van der Waals surface area contributed by atoms with Gasteiger partial charge in [0.25, 0.3) is 0 Å². The van der Waals surface area contributed by atoms with Gasteiger partial charge in [0.2, 0.25) is 0 Å². The molecule has 6 heteroatoms. The molecular weight excluding hydrogens is 398 g/mol. The van der Waals surface area contributed by atoms with Crippen molar-refractivity contribution in [1.29, 1.82) is 0 Å². The molecule has 0 saturated carbocycles. The van der Waals surface area contributed by atoms with Crippen LogP contribution in [0.15, 0.2) is 90.2 Å². The van der Waals surface area contributed by atoms with E-state index in [0.29, 0.717) is 5.82 Å². The number of aliphatic carboxylic acids is 1. The zero-order valence-electron chi connectivity index (χ0n) is 16.7. The highest BCUT2D eigenvalue weighted by Gasteiger charge is 2.36. The summed E-state index contributed by atoms with van der Waals surface area (Å²) < 4.78 is 1.80. The van der Waals surface area contributed by atoms with E-state index in [4.69, 9.17) is 11.6 Å². The van der Waals surface area contributed by atoms with Crippen LogP contribution in [0.3, 0.4) is 0 Å². The van der Waals surface area contributed by atoms with E-state index in [-0.39, 0.29) is 0 Å². The van der Waals surface area contributed by atoms with E-state index >= 15 is 0 Å². The van der Waals surface area contributed by atoms with E-state index in [0.717, 1.165) is 28.1 Å². The van der Waals surface area contributed by atoms with Crippen molar-refractivity contribution in [2.75, 3.05) is 5.32 Å². The molecule has 0 radical (unpaired) electrons. The highest BCUT2D eigenvalue weighted by molar-refractivity contribution is 6.27. The lowest BCUT2D eigenvalue weighted by Crippen LogP contribution is -2.26. The highest BCUT2D eigenvalue weighted by Crippen LogP contribution is 2.44. The van der Waals surface area contributed by atoms with E-state index in [1.807, 2.05) is 92.9 Å². The summed E-state index contributed by atoms with van der Waals surface area (Å²) in [6.07, 6.45) is 5.54. The number of halogens is 1. The summed E-state index contributed by atoms with van der Waals surface area (Å²) >= 11 is 7.02. The first-order valence-electron chi connectivity index (χ1n) is 9.65. The number of para-hydroxylation sites is 2. The number of anilines is 2. The molecule has 0 amide bonds. The molecule has 0 saturated heterocycles. The van der Waals surface area contributed by atoms with Crippen LogP contribution >= 0.6 is 11.6 Å². The molecule has 1 aliphatic rings. The Balaban J connectivity index is 1.67. The van der Waals surface area contributed by atoms with Crippen LogP contribution < -0.4 is 5.32 Å². The number of nitrogens with one attached hydrogen (secondary N) is 1. The smallest absolute Gasteiger partial charge is 0.314 e. The molecule has 5 nitrogen and oxygen atoms in total. The molecule has 1 aromatic heterocycles. The van der Waals surface area contributed by atoms with Crippen LogP contribution in [-0.2, 0) is 9.67 Å². The molecule has 3 aromatic rings. The van der Waals surface area contributed by atoms with Gasteiger partial charge in [-0.05, 0) is 32.0 Å². The third-order valence-corrected chi connectivity index (χ3v) is 5.67. The van der Waals surface area contributed by atoms with Gasteiger partial charge in [0.05, 0.1) is 11.6 Å². The van der Waals surface area contributed by atoms with E-state index in [2.05, 4.69) is 10.4 Å². The van der Waals surface area contributed by atoms with Gasteiger partial charge in [-0.1, -0.05) is 59.7 Å². The van der Waals surface area contributed by atoms with Gasteiger partial charge in [-0.15, -0.1) is 11.6 Å². The molecule has 2 aromatic carbocycles. The molecule has 0 unspecified atom stereocenters. The molecular formula is C24H22ClN3O2. The zero-order chi connectivity index (χ0) is 21.3. The van der Waals surface area contributed by atoms with Gasteiger partial charge in [-0.2, -0.15) is 5.10 Å². The van der Waals surface area contributed by atoms with Crippen molar-refractivity contribution in [3.8, 4) is 5.69 Å². The number of alkyl halides is 1. The number of carboxylic acids is 1. The lowest BCUT2D eigenvalue weighted by molar-refractivity contribution is -0.139. The quantitative estimate of drug-likeness (QED) is 0.413. The average Bonchev–Trinajstić information content (AvgIpc) is 3.16. The standard InChI is InChI=1S/C24H22ClN3O2/c1-16-14-24(25,15-17(2)22(16)23(29)30)19-10-6-7-11-20(19)26-21-12-13-28(27-21)18-8-4-3-5-9-18/h3-15,22H,1-2H3,(H,26,27)(H,29,30). The Morgan fingerprint density at radius 3 is 2.33 bits per heavy atom. The van der Waals surface area contributed by atoms with Crippen LogP contribution in [0.1, 0.15) is 19.4 Å². The number of hydrogen-bond acceptors (Lipinski definition) is 3. The summed E-state index contributed by atoms with van der Waals surface area (Å²) in [4.78, 5) is 10.7. The van der Waals surface area contributed by atoms with Crippen molar-refractivity contribution in [1.82, 2.24) is 9.78 Å². The minimum absolute atomic E-state index is 0.640. The molecule has 0 fully saturated rings. The molecule has 0 aliphatic heterocycles. The monoisotopic (exact) mass is 419 g/mol. The summed E-state index contributed by atoms with van der Waals surface area (Å²) in [7, 11) is 0. The molecule has 0 spiro atoms. The molecule has 0 atom stereocenters. The maximum atomic E-state index is 11.6. The minimum atomic E-state index is -0.939. The van der Waals surface area contributed by atoms with E-state index < -0.39 is 16.8 Å². The number of carboxylic acid groups (broad SMARTS) is 1. The largest absolute Gasteiger partial charge is 0.481 e. The van der Waals surface area contributed by atoms with Gasteiger partial charge in [-0.3, -0.25) is 4.79 Å². The predicted molar refractivity (Wildman–Crippen MR) is 119 cm³/mol. The first-order valence-corrected chi connectivity index (χ1v) is 10.0. The van der Waals surface area contributed by atoms with Gasteiger partial charge in [0.15, 0.2) is 5.82 Å². The van der Waals surface area contributed by atoms with Gasteiger partial charge in [0.1, 0.15) is 4.87 Å². The molecule has 2 N–H and O–H groups in total. The Hall–Kier alpha value is -3.31. The lowest BCUT2D eigenvalue weighted by atomic mass is 9.80. The van der Waals surface area contributed by atoms with Gasteiger partial charge >= 0.3 is 5.97 Å². The maximum Gasteiger partial charge on any atom is 0.314 e. The van der Waals surface area contributed by atoms with Crippen molar-refractivity contribution >= 4 is 29.1 Å². The summed E-state index contributed by atoms with van der Waals surface area (Å²) in [5.41, 5.74) is 4.06. The third-order valence-electron chi connectivity index (χ3n) is 5.25. The molecule has 1 aliphatic carbocycles. The average molecular weight is 420 g/mol. The molecule has 0 bridgehead atoms. The molecule has 1 heterocycles. The Morgan fingerprint density at radius 1 is 1.03 bits per heavy atom. The van der Waals surface area contributed by atoms with Crippen LogP contribution in [-0.4, -0.2) is 20.9 Å².